The maximum Gasteiger partial charge on any atom is 0.434 e. The number of halogens is 4. The van der Waals surface area contributed by atoms with Gasteiger partial charge >= 0.3 is 6.18 Å². The normalized spacial score (nSPS) is 11.5. The van der Waals surface area contributed by atoms with Gasteiger partial charge in [-0.1, -0.05) is 11.6 Å². The molecule has 1 aromatic carbocycles. The molecule has 10 heteroatoms. The Hall–Kier alpha value is -2.00. The summed E-state index contributed by atoms with van der Waals surface area (Å²) in [5, 5.41) is 11.4. The molecule has 1 heterocycles. The monoisotopic (exact) mass is 350 g/mol. The molecule has 2 aromatic rings. The quantitative estimate of drug-likeness (QED) is 0.471. The first-order valence-corrected chi connectivity index (χ1v) is 6.93. The molecule has 116 valence electrons. The van der Waals surface area contributed by atoms with E-state index in [0.717, 1.165) is 17.5 Å². The topological polar surface area (TPSA) is 73.1 Å². The van der Waals surface area contributed by atoms with Crippen molar-refractivity contribution in [3.8, 4) is 0 Å². The predicted octanol–water partition coefficient (Wildman–Crippen LogP) is 4.15. The maximum absolute atomic E-state index is 12.4. The van der Waals surface area contributed by atoms with Crippen LogP contribution < -0.4 is 0 Å². The first kappa shape index (κ1) is 16.4. The van der Waals surface area contributed by atoms with Crippen LogP contribution in [0.15, 0.2) is 23.6 Å². The first-order chi connectivity index (χ1) is 10.2. The molecular formula is C12H6ClF3N2O3S. The van der Waals surface area contributed by atoms with Gasteiger partial charge in [-0.3, -0.25) is 14.9 Å². The SMILES string of the molecule is O=C(Cc1nc(C(F)(F)F)cs1)c1cc([N+](=O)[O-])ccc1Cl. The van der Waals surface area contributed by atoms with Gasteiger partial charge < -0.3 is 0 Å². The fourth-order valence-electron chi connectivity index (χ4n) is 1.60. The Morgan fingerprint density at radius 2 is 2.09 bits per heavy atom. The van der Waals surface area contributed by atoms with Crippen LogP contribution in [0.4, 0.5) is 18.9 Å². The second-order valence-electron chi connectivity index (χ2n) is 4.15. The molecule has 0 N–H and O–H groups in total. The van der Waals surface area contributed by atoms with Crippen LogP contribution in [0.1, 0.15) is 21.1 Å². The smallest absolute Gasteiger partial charge is 0.294 e. The Morgan fingerprint density at radius 3 is 2.64 bits per heavy atom. The summed E-state index contributed by atoms with van der Waals surface area (Å²) in [7, 11) is 0. The average molecular weight is 351 g/mol. The number of hydrogen-bond donors (Lipinski definition) is 0. The fraction of sp³-hybridized carbons (Fsp3) is 0.167. The predicted molar refractivity (Wildman–Crippen MR) is 73.3 cm³/mol. The summed E-state index contributed by atoms with van der Waals surface area (Å²) < 4.78 is 37.3. The van der Waals surface area contributed by atoms with E-state index in [1.54, 1.807) is 0 Å². The van der Waals surface area contributed by atoms with Gasteiger partial charge in [0.15, 0.2) is 11.5 Å². The van der Waals surface area contributed by atoms with Crippen LogP contribution >= 0.6 is 22.9 Å². The molecule has 0 aliphatic carbocycles. The molecule has 2 rings (SSSR count). The minimum atomic E-state index is -4.58. The summed E-state index contributed by atoms with van der Waals surface area (Å²) in [5.74, 6) is -0.642. The van der Waals surface area contributed by atoms with E-state index in [1.807, 2.05) is 0 Å². The van der Waals surface area contributed by atoms with Crippen molar-refractivity contribution in [1.29, 1.82) is 0 Å². The molecule has 5 nitrogen and oxygen atoms in total. The van der Waals surface area contributed by atoms with Crippen molar-refractivity contribution in [3.05, 3.63) is 55.0 Å². The molecule has 0 saturated heterocycles. The number of carbonyl (C=O) groups excluding carboxylic acids is 1. The number of ketones is 1. The zero-order chi connectivity index (χ0) is 16.5. The largest absolute Gasteiger partial charge is 0.434 e. The Morgan fingerprint density at radius 1 is 1.41 bits per heavy atom. The van der Waals surface area contributed by atoms with Crippen LogP contribution in [0.5, 0.6) is 0 Å². The van der Waals surface area contributed by atoms with Gasteiger partial charge in [-0.25, -0.2) is 4.98 Å². The highest BCUT2D eigenvalue weighted by Crippen LogP contribution is 2.31. The number of Topliss-reactive ketones (excluding diaryl/α,β-unsaturated/α-hetero) is 1. The van der Waals surface area contributed by atoms with Gasteiger partial charge in [0.05, 0.1) is 16.4 Å². The molecule has 0 aliphatic rings. The molecule has 0 saturated carbocycles. The lowest BCUT2D eigenvalue weighted by atomic mass is 10.1. The van der Waals surface area contributed by atoms with Crippen LogP contribution in [0.2, 0.25) is 5.02 Å². The van der Waals surface area contributed by atoms with Crippen LogP contribution in [0.25, 0.3) is 0 Å². The molecule has 0 spiro atoms. The van der Waals surface area contributed by atoms with Crippen LogP contribution in [-0.2, 0) is 12.6 Å². The Labute approximate surface area is 130 Å². The number of alkyl halides is 3. The molecule has 22 heavy (non-hydrogen) atoms. The van der Waals surface area contributed by atoms with Crippen molar-refractivity contribution in [3.63, 3.8) is 0 Å². The number of thiazole rings is 1. The number of hydrogen-bond acceptors (Lipinski definition) is 5. The minimum Gasteiger partial charge on any atom is -0.294 e. The Balaban J connectivity index is 2.24. The molecule has 0 radical (unpaired) electrons. The van der Waals surface area contributed by atoms with E-state index in [0.29, 0.717) is 11.3 Å². The van der Waals surface area contributed by atoms with E-state index in [1.165, 1.54) is 6.07 Å². The number of aromatic nitrogens is 1. The van der Waals surface area contributed by atoms with Gasteiger partial charge in [-0.05, 0) is 6.07 Å². The van der Waals surface area contributed by atoms with E-state index < -0.39 is 29.0 Å². The third-order valence-electron chi connectivity index (χ3n) is 2.62. The van der Waals surface area contributed by atoms with Gasteiger partial charge in [-0.15, -0.1) is 11.3 Å². The number of carbonyl (C=O) groups is 1. The van der Waals surface area contributed by atoms with Crippen LogP contribution in [0, 0.1) is 10.1 Å². The van der Waals surface area contributed by atoms with E-state index in [4.69, 9.17) is 11.6 Å². The Bertz CT molecular complexity index is 745. The molecule has 0 fully saturated rings. The second-order valence-corrected chi connectivity index (χ2v) is 5.50. The maximum atomic E-state index is 12.4. The standard InChI is InChI=1S/C12H6ClF3N2O3S/c13-8-2-1-6(18(20)21)3-7(8)9(19)4-11-17-10(5-22-11)12(14,15)16/h1-3,5H,4H2. The van der Waals surface area contributed by atoms with E-state index in [-0.39, 0.29) is 21.3 Å². The summed E-state index contributed by atoms with van der Waals surface area (Å²) in [6.45, 7) is 0. The first-order valence-electron chi connectivity index (χ1n) is 5.67. The molecule has 0 unspecified atom stereocenters. The zero-order valence-electron chi connectivity index (χ0n) is 10.6. The number of rotatable bonds is 4. The van der Waals surface area contributed by atoms with Crippen molar-refractivity contribution in [2.75, 3.05) is 0 Å². The van der Waals surface area contributed by atoms with Gasteiger partial charge in [-0.2, -0.15) is 13.2 Å². The minimum absolute atomic E-state index is 0.0109. The van der Waals surface area contributed by atoms with Gasteiger partial charge in [0, 0.05) is 23.1 Å². The highest BCUT2D eigenvalue weighted by Gasteiger charge is 2.34. The van der Waals surface area contributed by atoms with E-state index in [2.05, 4.69) is 4.98 Å². The molecule has 0 amide bonds. The van der Waals surface area contributed by atoms with Crippen LogP contribution in [-0.4, -0.2) is 15.7 Å². The van der Waals surface area contributed by atoms with Gasteiger partial charge in [0.2, 0.25) is 0 Å². The van der Waals surface area contributed by atoms with Crippen molar-refractivity contribution >= 4 is 34.4 Å². The summed E-state index contributed by atoms with van der Waals surface area (Å²) in [4.78, 5) is 25.4. The number of nitro benzene ring substituents is 1. The molecule has 0 atom stereocenters. The van der Waals surface area contributed by atoms with Gasteiger partial charge in [0.25, 0.3) is 5.69 Å². The highest BCUT2D eigenvalue weighted by atomic mass is 35.5. The number of nitrogens with zero attached hydrogens (tertiary/aromatic N) is 2. The molecule has 0 aliphatic heterocycles. The number of non-ortho nitro benzene ring substituents is 1. The van der Waals surface area contributed by atoms with E-state index >= 15 is 0 Å². The lowest BCUT2D eigenvalue weighted by Gasteiger charge is -2.02. The average Bonchev–Trinajstić information content (AvgIpc) is 2.87. The third-order valence-corrected chi connectivity index (χ3v) is 3.79. The second kappa shape index (κ2) is 6.01. The zero-order valence-corrected chi connectivity index (χ0v) is 12.1. The third kappa shape index (κ3) is 3.60. The van der Waals surface area contributed by atoms with Crippen molar-refractivity contribution < 1.29 is 22.9 Å². The lowest BCUT2D eigenvalue weighted by molar-refractivity contribution is -0.384. The van der Waals surface area contributed by atoms with Gasteiger partial charge in [0.1, 0.15) is 5.01 Å². The van der Waals surface area contributed by atoms with Crippen molar-refractivity contribution in [1.82, 2.24) is 4.98 Å². The van der Waals surface area contributed by atoms with Crippen LogP contribution in [0.3, 0.4) is 0 Å². The Kier molecular flexibility index (Phi) is 4.47. The molecular weight excluding hydrogens is 345 g/mol. The van der Waals surface area contributed by atoms with Crippen molar-refractivity contribution in [2.45, 2.75) is 12.6 Å². The number of nitro groups is 1. The summed E-state index contributed by atoms with van der Waals surface area (Å²) in [5.41, 5.74) is -1.53. The fourth-order valence-corrected chi connectivity index (χ4v) is 2.62. The summed E-state index contributed by atoms with van der Waals surface area (Å²) in [6.07, 6.45) is -5.00. The summed E-state index contributed by atoms with van der Waals surface area (Å²) >= 11 is 6.49. The van der Waals surface area contributed by atoms with E-state index in [9.17, 15) is 28.1 Å². The number of benzene rings is 1. The summed E-state index contributed by atoms with van der Waals surface area (Å²) in [6, 6.07) is 3.31. The van der Waals surface area contributed by atoms with Crippen molar-refractivity contribution in [2.24, 2.45) is 0 Å². The lowest BCUT2D eigenvalue weighted by Crippen LogP contribution is -2.08. The highest BCUT2D eigenvalue weighted by molar-refractivity contribution is 7.09. The molecule has 1 aromatic heterocycles. The molecule has 0 bridgehead atoms.